The van der Waals surface area contributed by atoms with Gasteiger partial charge in [0.05, 0.1) is 6.61 Å². The van der Waals surface area contributed by atoms with Crippen LogP contribution in [-0.2, 0) is 6.61 Å². The molecule has 30 heavy (non-hydrogen) atoms. The van der Waals surface area contributed by atoms with Crippen LogP contribution in [-0.4, -0.2) is 24.7 Å². The van der Waals surface area contributed by atoms with E-state index < -0.39 is 6.36 Å². The van der Waals surface area contributed by atoms with Crippen LogP contribution in [0.1, 0.15) is 12.0 Å². The summed E-state index contributed by atoms with van der Waals surface area (Å²) in [6.45, 7) is 0.514. The van der Waals surface area contributed by atoms with Gasteiger partial charge in [0.15, 0.2) is 0 Å². The number of hydrogen-bond acceptors (Lipinski definition) is 4. The predicted octanol–water partition coefficient (Wildman–Crippen LogP) is 5.59. The van der Waals surface area contributed by atoms with E-state index in [0.717, 1.165) is 5.56 Å². The minimum atomic E-state index is -4.84. The number of alkyl halides is 3. The predicted molar refractivity (Wildman–Crippen MR) is 107 cm³/mol. The Bertz CT molecular complexity index is 925. The van der Waals surface area contributed by atoms with Gasteiger partial charge in [-0.05, 0) is 35.4 Å². The average molecular weight is 418 g/mol. The van der Waals surface area contributed by atoms with Crippen molar-refractivity contribution in [1.29, 1.82) is 0 Å². The lowest BCUT2D eigenvalue weighted by atomic mass is 10.0. The molecule has 0 aliphatic carbocycles. The van der Waals surface area contributed by atoms with Crippen molar-refractivity contribution >= 4 is 0 Å². The molecule has 0 unspecified atom stereocenters. The van der Waals surface area contributed by atoms with Gasteiger partial charge in [0, 0.05) is 24.7 Å². The number of aliphatic hydroxyl groups is 1. The van der Waals surface area contributed by atoms with Gasteiger partial charge in [-0.2, -0.15) is 0 Å². The van der Waals surface area contributed by atoms with Crippen LogP contribution < -0.4 is 14.2 Å². The van der Waals surface area contributed by atoms with E-state index in [-0.39, 0.29) is 30.3 Å². The van der Waals surface area contributed by atoms with Crippen molar-refractivity contribution in [3.63, 3.8) is 0 Å². The Labute approximate surface area is 172 Å². The highest BCUT2D eigenvalue weighted by Crippen LogP contribution is 2.37. The van der Waals surface area contributed by atoms with Gasteiger partial charge in [-0.3, -0.25) is 0 Å². The quantitative estimate of drug-likeness (QED) is 0.460. The molecule has 0 amide bonds. The summed E-state index contributed by atoms with van der Waals surface area (Å²) in [7, 11) is 0. The number of ether oxygens (including phenoxy) is 3. The third kappa shape index (κ3) is 6.42. The topological polar surface area (TPSA) is 47.9 Å². The Hall–Kier alpha value is -3.19. The minimum Gasteiger partial charge on any atom is -0.493 e. The molecule has 0 saturated carbocycles. The highest BCUT2D eigenvalue weighted by Gasteiger charge is 2.32. The first kappa shape index (κ1) is 21.5. The number of halogens is 3. The second kappa shape index (κ2) is 10.0. The van der Waals surface area contributed by atoms with Gasteiger partial charge >= 0.3 is 6.36 Å². The molecule has 0 heterocycles. The van der Waals surface area contributed by atoms with E-state index in [4.69, 9.17) is 14.6 Å². The third-order valence-corrected chi connectivity index (χ3v) is 4.16. The van der Waals surface area contributed by atoms with Gasteiger partial charge in [-0.15, -0.1) is 13.2 Å². The van der Waals surface area contributed by atoms with Crippen molar-refractivity contribution in [2.45, 2.75) is 19.4 Å². The minimum absolute atomic E-state index is 0.0668. The Balaban J connectivity index is 1.77. The molecule has 1 N–H and O–H groups in total. The first-order chi connectivity index (χ1) is 14.4. The van der Waals surface area contributed by atoms with Crippen molar-refractivity contribution in [1.82, 2.24) is 0 Å². The highest BCUT2D eigenvalue weighted by atomic mass is 19.4. The van der Waals surface area contributed by atoms with E-state index >= 15 is 0 Å². The zero-order chi connectivity index (χ0) is 21.4. The monoisotopic (exact) mass is 418 g/mol. The van der Waals surface area contributed by atoms with E-state index in [2.05, 4.69) is 4.74 Å². The molecule has 0 bridgehead atoms. The molecule has 0 radical (unpaired) electrons. The average Bonchev–Trinajstić information content (AvgIpc) is 2.73. The molecule has 0 aliphatic heterocycles. The lowest BCUT2D eigenvalue weighted by molar-refractivity contribution is -0.274. The first-order valence-electron chi connectivity index (χ1n) is 9.35. The Morgan fingerprint density at radius 2 is 1.50 bits per heavy atom. The molecule has 0 saturated heterocycles. The molecule has 158 valence electrons. The Morgan fingerprint density at radius 1 is 0.800 bits per heavy atom. The molecule has 0 aliphatic rings. The molecule has 0 spiro atoms. The third-order valence-electron chi connectivity index (χ3n) is 4.16. The second-order valence-corrected chi connectivity index (χ2v) is 6.43. The van der Waals surface area contributed by atoms with E-state index in [1.807, 2.05) is 30.3 Å². The largest absolute Gasteiger partial charge is 0.573 e. The fraction of sp³-hybridized carbons (Fsp3) is 0.217. The molecule has 4 nitrogen and oxygen atoms in total. The zero-order valence-electron chi connectivity index (χ0n) is 16.1. The Kier molecular flexibility index (Phi) is 7.19. The number of rotatable bonds is 9. The normalized spacial score (nSPS) is 11.2. The van der Waals surface area contributed by atoms with E-state index in [0.29, 0.717) is 24.3 Å². The van der Waals surface area contributed by atoms with Crippen molar-refractivity contribution in [3.8, 4) is 28.4 Å². The van der Waals surface area contributed by atoms with Crippen molar-refractivity contribution < 1.29 is 32.5 Å². The van der Waals surface area contributed by atoms with Crippen LogP contribution in [0.5, 0.6) is 17.2 Å². The van der Waals surface area contributed by atoms with Crippen LogP contribution in [0.25, 0.3) is 11.1 Å². The van der Waals surface area contributed by atoms with Gasteiger partial charge in [-0.1, -0.05) is 42.5 Å². The molecule has 0 atom stereocenters. The number of hydrogen-bond donors (Lipinski definition) is 1. The van der Waals surface area contributed by atoms with E-state index in [9.17, 15) is 13.2 Å². The smallest absolute Gasteiger partial charge is 0.493 e. The summed E-state index contributed by atoms with van der Waals surface area (Å²) in [5.74, 6) is 0.473. The van der Waals surface area contributed by atoms with E-state index in [1.165, 1.54) is 12.1 Å². The first-order valence-corrected chi connectivity index (χ1v) is 9.35. The summed E-state index contributed by atoms with van der Waals surface area (Å²) in [6, 6.07) is 20.6. The van der Waals surface area contributed by atoms with Gasteiger partial charge in [0.1, 0.15) is 23.9 Å². The van der Waals surface area contributed by atoms with Crippen molar-refractivity contribution in [2.24, 2.45) is 0 Å². The standard InChI is InChI=1S/C23H21F3O4/c24-23(25,26)30-22-15-20(28-14-4-13-27)11-12-21(22)18-7-9-19(10-8-18)29-16-17-5-2-1-3-6-17/h1-3,5-12,15,27H,4,13-14,16H2. The van der Waals surface area contributed by atoms with Crippen LogP contribution in [0, 0.1) is 0 Å². The molecule has 3 aromatic rings. The fourth-order valence-electron chi connectivity index (χ4n) is 2.77. The maximum absolute atomic E-state index is 12.9. The van der Waals surface area contributed by atoms with Gasteiger partial charge < -0.3 is 19.3 Å². The summed E-state index contributed by atoms with van der Waals surface area (Å²) < 4.78 is 53.9. The van der Waals surface area contributed by atoms with Gasteiger partial charge in [0.2, 0.25) is 0 Å². The van der Waals surface area contributed by atoms with Crippen LogP contribution in [0.2, 0.25) is 0 Å². The van der Waals surface area contributed by atoms with Crippen LogP contribution in [0.4, 0.5) is 13.2 Å². The lowest BCUT2D eigenvalue weighted by Crippen LogP contribution is -2.17. The van der Waals surface area contributed by atoms with Crippen LogP contribution >= 0.6 is 0 Å². The zero-order valence-corrected chi connectivity index (χ0v) is 16.1. The fourth-order valence-corrected chi connectivity index (χ4v) is 2.77. The molecule has 3 aromatic carbocycles. The summed E-state index contributed by atoms with van der Waals surface area (Å²) in [5, 5.41) is 8.81. The van der Waals surface area contributed by atoms with Crippen molar-refractivity contribution in [2.75, 3.05) is 13.2 Å². The number of aliphatic hydroxyl groups excluding tert-OH is 1. The molecule has 7 heteroatoms. The molecular weight excluding hydrogens is 397 g/mol. The summed E-state index contributed by atoms with van der Waals surface area (Å²) in [6.07, 6.45) is -4.46. The maximum atomic E-state index is 12.9. The summed E-state index contributed by atoms with van der Waals surface area (Å²) >= 11 is 0. The van der Waals surface area contributed by atoms with Gasteiger partial charge in [0.25, 0.3) is 0 Å². The van der Waals surface area contributed by atoms with Crippen LogP contribution in [0.15, 0.2) is 72.8 Å². The molecular formula is C23H21F3O4. The maximum Gasteiger partial charge on any atom is 0.573 e. The second-order valence-electron chi connectivity index (χ2n) is 6.43. The highest BCUT2D eigenvalue weighted by molar-refractivity contribution is 5.72. The molecule has 3 rings (SSSR count). The lowest BCUT2D eigenvalue weighted by Gasteiger charge is -2.16. The van der Waals surface area contributed by atoms with Crippen LogP contribution in [0.3, 0.4) is 0 Å². The molecule has 0 aromatic heterocycles. The Morgan fingerprint density at radius 3 is 2.17 bits per heavy atom. The molecule has 0 fully saturated rings. The summed E-state index contributed by atoms with van der Waals surface area (Å²) in [4.78, 5) is 0. The van der Waals surface area contributed by atoms with Crippen molar-refractivity contribution in [3.05, 3.63) is 78.4 Å². The van der Waals surface area contributed by atoms with E-state index in [1.54, 1.807) is 30.3 Å². The number of benzene rings is 3. The summed E-state index contributed by atoms with van der Waals surface area (Å²) in [5.41, 5.74) is 1.83. The van der Waals surface area contributed by atoms with Gasteiger partial charge in [-0.25, -0.2) is 0 Å². The SMILES string of the molecule is OCCCOc1ccc(-c2ccc(OCc3ccccc3)cc2)c(OC(F)(F)F)c1.